The molecular weight excluding hydrogens is 216 g/mol. The minimum Gasteiger partial charge on any atom is -0.334 e. The molecule has 0 aliphatic heterocycles. The van der Waals surface area contributed by atoms with Crippen molar-refractivity contribution in [1.82, 2.24) is 14.7 Å². The van der Waals surface area contributed by atoms with Crippen LogP contribution in [0.5, 0.6) is 0 Å². The summed E-state index contributed by atoms with van der Waals surface area (Å²) in [5.41, 5.74) is 6.19. The molecule has 0 aromatic carbocycles. The normalized spacial score (nSPS) is 15.6. The van der Waals surface area contributed by atoms with Gasteiger partial charge in [-0.15, -0.1) is 0 Å². The standard InChI is InChI=1S/C12H20N4O/c1-15-11(6-8-14-15)12(17)16(9-3-7-13)10-4-2-5-10/h6,8,10H,2-5,7,9,13H2,1H3. The van der Waals surface area contributed by atoms with Crippen LogP contribution in [0.1, 0.15) is 36.2 Å². The van der Waals surface area contributed by atoms with E-state index in [1.54, 1.807) is 24.0 Å². The number of nitrogens with two attached hydrogens (primary N) is 1. The van der Waals surface area contributed by atoms with Gasteiger partial charge < -0.3 is 10.6 Å². The van der Waals surface area contributed by atoms with Crippen LogP contribution in [0.2, 0.25) is 0 Å². The van der Waals surface area contributed by atoms with E-state index in [2.05, 4.69) is 5.10 Å². The highest BCUT2D eigenvalue weighted by atomic mass is 16.2. The van der Waals surface area contributed by atoms with Gasteiger partial charge >= 0.3 is 0 Å². The van der Waals surface area contributed by atoms with E-state index in [1.807, 2.05) is 4.90 Å². The van der Waals surface area contributed by atoms with Gasteiger partial charge in [-0.25, -0.2) is 0 Å². The summed E-state index contributed by atoms with van der Waals surface area (Å²) in [5.74, 6) is 0.0863. The SMILES string of the molecule is Cn1nccc1C(=O)N(CCCN)C1CCC1. The summed E-state index contributed by atoms with van der Waals surface area (Å²) in [6, 6.07) is 2.18. The van der Waals surface area contributed by atoms with Crippen LogP contribution in [-0.4, -0.2) is 39.7 Å². The lowest BCUT2D eigenvalue weighted by atomic mass is 9.91. The highest BCUT2D eigenvalue weighted by Gasteiger charge is 2.29. The Morgan fingerprint density at radius 1 is 1.65 bits per heavy atom. The first-order valence-corrected chi connectivity index (χ1v) is 6.23. The van der Waals surface area contributed by atoms with E-state index in [-0.39, 0.29) is 5.91 Å². The van der Waals surface area contributed by atoms with Gasteiger partial charge in [0.15, 0.2) is 0 Å². The number of carbonyl (C=O) groups is 1. The summed E-state index contributed by atoms with van der Waals surface area (Å²) < 4.78 is 1.64. The van der Waals surface area contributed by atoms with E-state index < -0.39 is 0 Å². The molecule has 2 rings (SSSR count). The van der Waals surface area contributed by atoms with Crippen LogP contribution in [0, 0.1) is 0 Å². The van der Waals surface area contributed by atoms with Crippen molar-refractivity contribution in [3.8, 4) is 0 Å². The Hall–Kier alpha value is -1.36. The van der Waals surface area contributed by atoms with E-state index >= 15 is 0 Å². The van der Waals surface area contributed by atoms with Gasteiger partial charge in [0.05, 0.1) is 0 Å². The van der Waals surface area contributed by atoms with Crippen molar-refractivity contribution in [2.24, 2.45) is 12.8 Å². The molecule has 5 heteroatoms. The van der Waals surface area contributed by atoms with Crippen LogP contribution in [-0.2, 0) is 7.05 Å². The molecule has 5 nitrogen and oxygen atoms in total. The third-order valence-electron chi connectivity index (χ3n) is 3.42. The van der Waals surface area contributed by atoms with Gasteiger partial charge in [-0.2, -0.15) is 5.10 Å². The number of rotatable bonds is 5. The zero-order valence-corrected chi connectivity index (χ0v) is 10.3. The monoisotopic (exact) mass is 236 g/mol. The Bertz CT molecular complexity index is 384. The molecule has 0 atom stereocenters. The predicted molar refractivity (Wildman–Crippen MR) is 65.6 cm³/mol. The van der Waals surface area contributed by atoms with Crippen molar-refractivity contribution in [2.75, 3.05) is 13.1 Å². The lowest BCUT2D eigenvalue weighted by Crippen LogP contribution is -2.45. The van der Waals surface area contributed by atoms with E-state index in [0.29, 0.717) is 18.3 Å². The fourth-order valence-corrected chi connectivity index (χ4v) is 2.14. The molecule has 1 fully saturated rings. The summed E-state index contributed by atoms with van der Waals surface area (Å²) in [4.78, 5) is 14.4. The number of carbonyl (C=O) groups excluding carboxylic acids is 1. The molecule has 0 radical (unpaired) electrons. The summed E-state index contributed by atoms with van der Waals surface area (Å²) in [5, 5.41) is 4.05. The maximum atomic E-state index is 12.4. The Labute approximate surface area is 102 Å². The minimum absolute atomic E-state index is 0.0863. The van der Waals surface area contributed by atoms with Crippen LogP contribution in [0.3, 0.4) is 0 Å². The molecule has 1 heterocycles. The zero-order chi connectivity index (χ0) is 12.3. The summed E-state index contributed by atoms with van der Waals surface area (Å²) >= 11 is 0. The molecule has 1 aliphatic rings. The van der Waals surface area contributed by atoms with Crippen molar-refractivity contribution in [3.63, 3.8) is 0 Å². The Morgan fingerprint density at radius 3 is 2.88 bits per heavy atom. The second-order valence-electron chi connectivity index (χ2n) is 4.57. The first kappa shape index (κ1) is 12.1. The van der Waals surface area contributed by atoms with Crippen molar-refractivity contribution < 1.29 is 4.79 Å². The van der Waals surface area contributed by atoms with Gasteiger partial charge in [0, 0.05) is 25.8 Å². The summed E-state index contributed by atoms with van der Waals surface area (Å²) in [7, 11) is 1.80. The fraction of sp³-hybridized carbons (Fsp3) is 0.667. The molecule has 0 spiro atoms. The molecule has 1 saturated carbocycles. The number of hydrogen-bond acceptors (Lipinski definition) is 3. The topological polar surface area (TPSA) is 64.2 Å². The number of aryl methyl sites for hydroxylation is 1. The maximum Gasteiger partial charge on any atom is 0.272 e. The summed E-state index contributed by atoms with van der Waals surface area (Å²) in [6.45, 7) is 1.38. The second kappa shape index (κ2) is 5.31. The number of aromatic nitrogens is 2. The van der Waals surface area contributed by atoms with E-state index in [0.717, 1.165) is 25.8 Å². The highest BCUT2D eigenvalue weighted by molar-refractivity contribution is 5.92. The Balaban J connectivity index is 2.09. The predicted octanol–water partition coefficient (Wildman–Crippen LogP) is 0.764. The summed E-state index contributed by atoms with van der Waals surface area (Å²) in [6.07, 6.45) is 5.99. The van der Waals surface area contributed by atoms with E-state index in [9.17, 15) is 4.79 Å². The number of nitrogens with zero attached hydrogens (tertiary/aromatic N) is 3. The van der Waals surface area contributed by atoms with E-state index in [1.165, 1.54) is 6.42 Å². The lowest BCUT2D eigenvalue weighted by Gasteiger charge is -2.37. The Kier molecular flexibility index (Phi) is 3.78. The van der Waals surface area contributed by atoms with Crippen LogP contribution < -0.4 is 5.73 Å². The molecule has 0 unspecified atom stereocenters. The van der Waals surface area contributed by atoms with E-state index in [4.69, 9.17) is 5.73 Å². The molecule has 1 aliphatic carbocycles. The maximum absolute atomic E-state index is 12.4. The van der Waals surface area contributed by atoms with Crippen LogP contribution in [0.25, 0.3) is 0 Å². The molecule has 1 amide bonds. The largest absolute Gasteiger partial charge is 0.334 e. The Morgan fingerprint density at radius 2 is 2.41 bits per heavy atom. The highest BCUT2D eigenvalue weighted by Crippen LogP contribution is 2.26. The fourth-order valence-electron chi connectivity index (χ4n) is 2.14. The first-order chi connectivity index (χ1) is 8.24. The van der Waals surface area contributed by atoms with Gasteiger partial charge in [-0.1, -0.05) is 0 Å². The average molecular weight is 236 g/mol. The van der Waals surface area contributed by atoms with Gasteiger partial charge in [0.2, 0.25) is 0 Å². The zero-order valence-electron chi connectivity index (χ0n) is 10.3. The average Bonchev–Trinajstić information content (AvgIpc) is 2.67. The number of hydrogen-bond donors (Lipinski definition) is 1. The molecule has 1 aromatic rings. The molecule has 0 saturated heterocycles. The van der Waals surface area contributed by atoms with Crippen molar-refractivity contribution in [1.29, 1.82) is 0 Å². The molecule has 0 bridgehead atoms. The van der Waals surface area contributed by atoms with Crippen LogP contribution in [0.15, 0.2) is 12.3 Å². The first-order valence-electron chi connectivity index (χ1n) is 6.23. The third kappa shape index (κ3) is 2.49. The van der Waals surface area contributed by atoms with Gasteiger partial charge in [-0.3, -0.25) is 9.48 Å². The quantitative estimate of drug-likeness (QED) is 0.821. The van der Waals surface area contributed by atoms with Crippen molar-refractivity contribution in [3.05, 3.63) is 18.0 Å². The number of amides is 1. The molecule has 94 valence electrons. The van der Waals surface area contributed by atoms with Gasteiger partial charge in [0.1, 0.15) is 5.69 Å². The molecule has 17 heavy (non-hydrogen) atoms. The molecular formula is C12H20N4O. The molecule has 2 N–H and O–H groups in total. The second-order valence-corrected chi connectivity index (χ2v) is 4.57. The van der Waals surface area contributed by atoms with Gasteiger partial charge in [0.25, 0.3) is 5.91 Å². The van der Waals surface area contributed by atoms with Crippen molar-refractivity contribution >= 4 is 5.91 Å². The van der Waals surface area contributed by atoms with Crippen molar-refractivity contribution in [2.45, 2.75) is 31.7 Å². The molecule has 1 aromatic heterocycles. The third-order valence-corrected chi connectivity index (χ3v) is 3.42. The smallest absolute Gasteiger partial charge is 0.272 e. The van der Waals surface area contributed by atoms with Crippen LogP contribution in [0.4, 0.5) is 0 Å². The minimum atomic E-state index is 0.0863. The van der Waals surface area contributed by atoms with Crippen LogP contribution >= 0.6 is 0 Å². The van der Waals surface area contributed by atoms with Gasteiger partial charge in [-0.05, 0) is 38.3 Å². The lowest BCUT2D eigenvalue weighted by molar-refractivity contribution is 0.0567.